The van der Waals surface area contributed by atoms with Crippen molar-refractivity contribution in [1.29, 1.82) is 0 Å². The van der Waals surface area contributed by atoms with Crippen LogP contribution in [-0.2, 0) is 11.2 Å². The Morgan fingerprint density at radius 2 is 1.95 bits per heavy atom. The van der Waals surface area contributed by atoms with Crippen LogP contribution in [-0.4, -0.2) is 27.5 Å². The van der Waals surface area contributed by atoms with Gasteiger partial charge in [-0.1, -0.05) is 27.7 Å². The molecule has 4 nitrogen and oxygen atoms in total. The molecule has 0 aliphatic carbocycles. The topological polar surface area (TPSA) is 66.4 Å². The van der Waals surface area contributed by atoms with Gasteiger partial charge < -0.3 is 10.4 Å². The number of carbonyl (C=O) groups excluding carboxylic acids is 1. The SMILES string of the molecule is CCc1c(C)sc(NC(=O)CSC(C)(C)C)c1C(=O)O. The first-order valence-corrected chi connectivity index (χ1v) is 8.25. The van der Waals surface area contributed by atoms with Gasteiger partial charge in [-0.3, -0.25) is 4.79 Å². The molecule has 0 aromatic carbocycles. The van der Waals surface area contributed by atoms with Crippen LogP contribution in [0, 0.1) is 6.92 Å². The van der Waals surface area contributed by atoms with Gasteiger partial charge in [0.15, 0.2) is 0 Å². The smallest absolute Gasteiger partial charge is 0.339 e. The summed E-state index contributed by atoms with van der Waals surface area (Å²) in [6, 6.07) is 0. The fourth-order valence-corrected chi connectivity index (χ4v) is 3.55. The number of aromatic carboxylic acids is 1. The Hall–Kier alpha value is -1.01. The number of carbonyl (C=O) groups is 2. The molecule has 0 atom stereocenters. The number of thioether (sulfide) groups is 1. The number of nitrogens with one attached hydrogen (secondary N) is 1. The van der Waals surface area contributed by atoms with Crippen molar-refractivity contribution in [2.45, 2.75) is 45.8 Å². The fourth-order valence-electron chi connectivity index (χ4n) is 1.76. The first-order valence-electron chi connectivity index (χ1n) is 6.45. The zero-order chi connectivity index (χ0) is 15.5. The predicted molar refractivity (Wildman–Crippen MR) is 86.2 cm³/mol. The third-order valence-electron chi connectivity index (χ3n) is 2.67. The molecule has 0 saturated carbocycles. The number of aryl methyl sites for hydroxylation is 1. The monoisotopic (exact) mass is 315 g/mol. The fraction of sp³-hybridized carbons (Fsp3) is 0.571. The molecule has 1 aromatic rings. The summed E-state index contributed by atoms with van der Waals surface area (Å²) in [5, 5.41) is 12.5. The third kappa shape index (κ3) is 4.52. The minimum Gasteiger partial charge on any atom is -0.478 e. The van der Waals surface area contributed by atoms with E-state index in [1.807, 2.05) is 34.6 Å². The Morgan fingerprint density at radius 1 is 1.35 bits per heavy atom. The number of rotatable bonds is 5. The number of hydrogen-bond acceptors (Lipinski definition) is 4. The molecule has 6 heteroatoms. The maximum absolute atomic E-state index is 11.9. The number of carboxylic acid groups (broad SMARTS) is 1. The number of thiophene rings is 1. The summed E-state index contributed by atoms with van der Waals surface area (Å²) in [4.78, 5) is 24.2. The van der Waals surface area contributed by atoms with Crippen molar-refractivity contribution >= 4 is 40.0 Å². The summed E-state index contributed by atoms with van der Waals surface area (Å²) < 4.78 is 0.00686. The molecule has 0 fully saturated rings. The normalized spacial score (nSPS) is 11.4. The minimum absolute atomic E-state index is 0.00686. The maximum atomic E-state index is 11.9. The molecule has 2 N–H and O–H groups in total. The quantitative estimate of drug-likeness (QED) is 0.867. The molecule has 0 aliphatic heterocycles. The Morgan fingerprint density at radius 3 is 2.40 bits per heavy atom. The maximum Gasteiger partial charge on any atom is 0.339 e. The van der Waals surface area contributed by atoms with Gasteiger partial charge in [0, 0.05) is 9.62 Å². The van der Waals surface area contributed by atoms with Crippen LogP contribution in [0.25, 0.3) is 0 Å². The highest BCUT2D eigenvalue weighted by Gasteiger charge is 2.22. The third-order valence-corrected chi connectivity index (χ3v) is 5.00. The Bertz CT molecular complexity index is 515. The minimum atomic E-state index is -0.982. The van der Waals surface area contributed by atoms with E-state index in [2.05, 4.69) is 5.32 Å². The van der Waals surface area contributed by atoms with E-state index in [-0.39, 0.29) is 16.2 Å². The van der Waals surface area contributed by atoms with Crippen molar-refractivity contribution in [3.8, 4) is 0 Å². The number of carboxylic acids is 1. The molecule has 1 aromatic heterocycles. The van der Waals surface area contributed by atoms with Crippen LogP contribution in [0.15, 0.2) is 0 Å². The van der Waals surface area contributed by atoms with Crippen molar-refractivity contribution in [3.05, 3.63) is 16.0 Å². The molecule has 0 unspecified atom stereocenters. The van der Waals surface area contributed by atoms with Gasteiger partial charge in [0.1, 0.15) is 5.00 Å². The Kier molecular flexibility index (Phi) is 5.65. The van der Waals surface area contributed by atoms with Crippen LogP contribution >= 0.6 is 23.1 Å². The second-order valence-electron chi connectivity index (χ2n) is 5.45. The highest BCUT2D eigenvalue weighted by Crippen LogP contribution is 2.33. The lowest BCUT2D eigenvalue weighted by Gasteiger charge is -2.16. The van der Waals surface area contributed by atoms with E-state index in [1.54, 1.807) is 0 Å². The number of anilines is 1. The standard InChI is InChI=1S/C14H21NO3S2/c1-6-9-8(2)20-12(11(9)13(17)18)15-10(16)7-19-14(3,4)5/h6-7H2,1-5H3,(H,15,16)(H,17,18). The lowest BCUT2D eigenvalue weighted by molar-refractivity contribution is -0.113. The Balaban J connectivity index is 2.87. The van der Waals surface area contributed by atoms with Crippen molar-refractivity contribution in [1.82, 2.24) is 0 Å². The first-order chi connectivity index (χ1) is 9.15. The van der Waals surface area contributed by atoms with Crippen LogP contribution in [0.2, 0.25) is 0 Å². The molecule has 0 saturated heterocycles. The molecule has 1 heterocycles. The summed E-state index contributed by atoms with van der Waals surface area (Å²) >= 11 is 2.87. The van der Waals surface area contributed by atoms with Gasteiger partial charge in [-0.05, 0) is 18.9 Å². The predicted octanol–water partition coefficient (Wildman–Crippen LogP) is 3.79. The molecule has 0 aliphatic rings. The van der Waals surface area contributed by atoms with Crippen molar-refractivity contribution in [3.63, 3.8) is 0 Å². The molecule has 112 valence electrons. The summed E-state index contributed by atoms with van der Waals surface area (Å²) in [5.41, 5.74) is 1.05. The van der Waals surface area contributed by atoms with Crippen LogP contribution in [0.1, 0.15) is 48.5 Å². The van der Waals surface area contributed by atoms with Gasteiger partial charge in [0.2, 0.25) is 5.91 Å². The zero-order valence-corrected chi connectivity index (χ0v) is 14.1. The van der Waals surface area contributed by atoms with E-state index >= 15 is 0 Å². The summed E-state index contributed by atoms with van der Waals surface area (Å²) in [7, 11) is 0. The van der Waals surface area contributed by atoms with Crippen LogP contribution in [0.3, 0.4) is 0 Å². The molecule has 0 spiro atoms. The highest BCUT2D eigenvalue weighted by molar-refractivity contribution is 8.01. The van der Waals surface area contributed by atoms with E-state index in [4.69, 9.17) is 0 Å². The van der Waals surface area contributed by atoms with E-state index < -0.39 is 5.97 Å². The van der Waals surface area contributed by atoms with E-state index in [0.717, 1.165) is 10.4 Å². The summed E-state index contributed by atoms with van der Waals surface area (Å²) in [6.07, 6.45) is 0.649. The lowest BCUT2D eigenvalue weighted by atomic mass is 10.1. The Labute approximate surface area is 128 Å². The van der Waals surface area contributed by atoms with Gasteiger partial charge in [0.25, 0.3) is 0 Å². The molecule has 1 amide bonds. The average Bonchev–Trinajstić information content (AvgIpc) is 2.61. The van der Waals surface area contributed by atoms with Gasteiger partial charge in [-0.25, -0.2) is 4.79 Å². The van der Waals surface area contributed by atoms with Crippen LogP contribution < -0.4 is 5.32 Å². The number of hydrogen-bond donors (Lipinski definition) is 2. The van der Waals surface area contributed by atoms with Crippen molar-refractivity contribution in [2.75, 3.05) is 11.1 Å². The highest BCUT2D eigenvalue weighted by atomic mass is 32.2. The van der Waals surface area contributed by atoms with Gasteiger partial charge in [0.05, 0.1) is 11.3 Å². The molecular formula is C14H21NO3S2. The van der Waals surface area contributed by atoms with E-state index in [9.17, 15) is 14.7 Å². The van der Waals surface area contributed by atoms with Gasteiger partial charge >= 0.3 is 5.97 Å². The van der Waals surface area contributed by atoms with Crippen LogP contribution in [0.4, 0.5) is 5.00 Å². The average molecular weight is 315 g/mol. The van der Waals surface area contributed by atoms with Crippen molar-refractivity contribution < 1.29 is 14.7 Å². The van der Waals surface area contributed by atoms with Gasteiger partial charge in [-0.2, -0.15) is 0 Å². The molecular weight excluding hydrogens is 294 g/mol. The molecule has 0 radical (unpaired) electrons. The molecule has 1 rings (SSSR count). The summed E-state index contributed by atoms with van der Waals surface area (Å²) in [6.45, 7) is 9.92. The number of amides is 1. The second kappa shape index (κ2) is 6.63. The van der Waals surface area contributed by atoms with E-state index in [1.165, 1.54) is 23.1 Å². The van der Waals surface area contributed by atoms with Gasteiger partial charge in [-0.15, -0.1) is 23.1 Å². The van der Waals surface area contributed by atoms with Crippen molar-refractivity contribution in [2.24, 2.45) is 0 Å². The molecule has 20 heavy (non-hydrogen) atoms. The first kappa shape index (κ1) is 17.0. The molecule has 0 bridgehead atoms. The largest absolute Gasteiger partial charge is 0.478 e. The van der Waals surface area contributed by atoms with E-state index in [0.29, 0.717) is 17.2 Å². The zero-order valence-electron chi connectivity index (χ0n) is 12.5. The summed E-state index contributed by atoms with van der Waals surface area (Å²) in [5.74, 6) is -0.817. The second-order valence-corrected chi connectivity index (χ2v) is 8.48. The lowest BCUT2D eigenvalue weighted by Crippen LogP contribution is -2.19. The van der Waals surface area contributed by atoms with Crippen LogP contribution in [0.5, 0.6) is 0 Å².